The number of hydrogen-bond acceptors (Lipinski definition) is 3. The molecule has 0 heterocycles. The summed E-state index contributed by atoms with van der Waals surface area (Å²) in [5.74, 6) is 5.20. The molecule has 0 amide bonds. The van der Waals surface area contributed by atoms with Crippen molar-refractivity contribution in [3.63, 3.8) is 0 Å². The molecule has 92 valence electrons. The zero-order valence-corrected chi connectivity index (χ0v) is 10.4. The fraction of sp³-hybridized carbons (Fsp3) is 0.200. The lowest BCUT2D eigenvalue weighted by Crippen LogP contribution is -1.98. The summed E-state index contributed by atoms with van der Waals surface area (Å²) in [6, 6.07) is 6.98. The Morgan fingerprint density at radius 2 is 1.94 bits per heavy atom. The average Bonchev–Trinajstić information content (AvgIpc) is 2.35. The van der Waals surface area contributed by atoms with Crippen molar-refractivity contribution >= 4 is 11.8 Å². The number of Topliss-reactive ketones (excluding diaryl/α,β-unsaturated/α-hetero) is 1. The number of carbonyl (C=O) groups is 2. The summed E-state index contributed by atoms with van der Waals surface area (Å²) in [4.78, 5) is 22.0. The van der Waals surface area contributed by atoms with Gasteiger partial charge in [0.15, 0.2) is 5.78 Å². The summed E-state index contributed by atoms with van der Waals surface area (Å²) in [5.41, 5.74) is 1.44. The summed E-state index contributed by atoms with van der Waals surface area (Å²) >= 11 is 0. The molecule has 18 heavy (non-hydrogen) atoms. The highest BCUT2D eigenvalue weighted by atomic mass is 16.5. The predicted octanol–water partition coefficient (Wildman–Crippen LogP) is 2.36. The minimum Gasteiger partial charge on any atom is -0.463 e. The van der Waals surface area contributed by atoms with Crippen LogP contribution in [0.15, 0.2) is 36.4 Å². The van der Waals surface area contributed by atoms with E-state index in [1.54, 1.807) is 31.2 Å². The Bertz CT molecular complexity index is 513. The van der Waals surface area contributed by atoms with Gasteiger partial charge in [0.25, 0.3) is 0 Å². The van der Waals surface area contributed by atoms with Gasteiger partial charge in [-0.2, -0.15) is 0 Å². The van der Waals surface area contributed by atoms with E-state index in [1.165, 1.54) is 19.1 Å². The minimum absolute atomic E-state index is 0.0247. The SMILES string of the molecule is CCOC(=O)C=CC#Cc1ccc(C(C)=O)cc1. The van der Waals surface area contributed by atoms with Crippen molar-refractivity contribution in [3.05, 3.63) is 47.5 Å². The van der Waals surface area contributed by atoms with Gasteiger partial charge in [-0.3, -0.25) is 4.79 Å². The van der Waals surface area contributed by atoms with Crippen LogP contribution in [0.2, 0.25) is 0 Å². The smallest absolute Gasteiger partial charge is 0.331 e. The largest absolute Gasteiger partial charge is 0.463 e. The lowest BCUT2D eigenvalue weighted by Gasteiger charge is -1.94. The van der Waals surface area contributed by atoms with E-state index in [-0.39, 0.29) is 5.78 Å². The Labute approximate surface area is 106 Å². The van der Waals surface area contributed by atoms with Gasteiger partial charge in [0.1, 0.15) is 0 Å². The van der Waals surface area contributed by atoms with Gasteiger partial charge in [-0.15, -0.1) is 0 Å². The third-order valence-corrected chi connectivity index (χ3v) is 2.10. The highest BCUT2D eigenvalue weighted by molar-refractivity contribution is 5.94. The molecule has 3 heteroatoms. The van der Waals surface area contributed by atoms with Crippen LogP contribution in [-0.2, 0) is 9.53 Å². The van der Waals surface area contributed by atoms with Crippen molar-refractivity contribution < 1.29 is 14.3 Å². The molecule has 0 bridgehead atoms. The first-order valence-corrected chi connectivity index (χ1v) is 5.59. The molecule has 0 aliphatic carbocycles. The molecule has 1 aromatic carbocycles. The molecule has 1 rings (SSSR count). The number of benzene rings is 1. The lowest BCUT2D eigenvalue weighted by molar-refractivity contribution is -0.137. The van der Waals surface area contributed by atoms with Crippen LogP contribution < -0.4 is 0 Å². The summed E-state index contributed by atoms with van der Waals surface area (Å²) in [6.45, 7) is 3.61. The second-order valence-corrected chi connectivity index (χ2v) is 3.49. The summed E-state index contributed by atoms with van der Waals surface area (Å²) in [5, 5.41) is 0. The number of ketones is 1. The van der Waals surface area contributed by atoms with Crippen molar-refractivity contribution in [1.82, 2.24) is 0 Å². The van der Waals surface area contributed by atoms with Gasteiger partial charge in [-0.25, -0.2) is 4.79 Å². The molecule has 0 atom stereocenters. The molecule has 1 aromatic rings. The Balaban J connectivity index is 2.63. The van der Waals surface area contributed by atoms with Crippen LogP contribution in [0.5, 0.6) is 0 Å². The van der Waals surface area contributed by atoms with E-state index in [0.717, 1.165) is 5.56 Å². The highest BCUT2D eigenvalue weighted by Crippen LogP contribution is 2.03. The van der Waals surface area contributed by atoms with Crippen molar-refractivity contribution in [2.24, 2.45) is 0 Å². The van der Waals surface area contributed by atoms with Crippen LogP contribution in [0.4, 0.5) is 0 Å². The Hall–Kier alpha value is -2.34. The normalized spacial score (nSPS) is 9.67. The van der Waals surface area contributed by atoms with Gasteiger partial charge >= 0.3 is 5.97 Å². The zero-order valence-electron chi connectivity index (χ0n) is 10.4. The maximum atomic E-state index is 11.1. The van der Waals surface area contributed by atoms with Gasteiger partial charge in [-0.1, -0.05) is 24.0 Å². The van der Waals surface area contributed by atoms with Crippen LogP contribution in [-0.4, -0.2) is 18.4 Å². The molecule has 0 radical (unpaired) electrons. The van der Waals surface area contributed by atoms with Gasteiger partial charge in [0.2, 0.25) is 0 Å². The fourth-order valence-corrected chi connectivity index (χ4v) is 1.21. The van der Waals surface area contributed by atoms with E-state index in [9.17, 15) is 9.59 Å². The number of esters is 1. The maximum absolute atomic E-state index is 11.1. The molecule has 0 aliphatic heterocycles. The molecule has 0 spiro atoms. The van der Waals surface area contributed by atoms with Gasteiger partial charge in [0, 0.05) is 17.2 Å². The van der Waals surface area contributed by atoms with Crippen molar-refractivity contribution in [3.8, 4) is 11.8 Å². The lowest BCUT2D eigenvalue weighted by atomic mass is 10.1. The minimum atomic E-state index is -0.404. The monoisotopic (exact) mass is 242 g/mol. The molecule has 0 fully saturated rings. The second kappa shape index (κ2) is 7.08. The van der Waals surface area contributed by atoms with Crippen LogP contribution in [0.25, 0.3) is 0 Å². The molecule has 0 saturated carbocycles. The molecule has 0 aliphatic rings. The molecular weight excluding hydrogens is 228 g/mol. The van der Waals surface area contributed by atoms with Gasteiger partial charge in [0.05, 0.1) is 6.61 Å². The maximum Gasteiger partial charge on any atom is 0.331 e. The third-order valence-electron chi connectivity index (χ3n) is 2.10. The van der Waals surface area contributed by atoms with E-state index in [0.29, 0.717) is 12.2 Å². The fourth-order valence-electron chi connectivity index (χ4n) is 1.21. The van der Waals surface area contributed by atoms with Crippen LogP contribution >= 0.6 is 0 Å². The van der Waals surface area contributed by atoms with Crippen molar-refractivity contribution in [2.45, 2.75) is 13.8 Å². The van der Waals surface area contributed by atoms with E-state index in [1.807, 2.05) is 0 Å². The van der Waals surface area contributed by atoms with Gasteiger partial charge < -0.3 is 4.74 Å². The Morgan fingerprint density at radius 3 is 2.50 bits per heavy atom. The molecule has 0 aromatic heterocycles. The van der Waals surface area contributed by atoms with Crippen molar-refractivity contribution in [1.29, 1.82) is 0 Å². The van der Waals surface area contributed by atoms with Crippen LogP contribution in [0, 0.1) is 11.8 Å². The van der Waals surface area contributed by atoms with E-state index in [2.05, 4.69) is 11.8 Å². The number of carbonyl (C=O) groups excluding carboxylic acids is 2. The summed E-state index contributed by atoms with van der Waals surface area (Å²) < 4.78 is 4.71. The first-order chi connectivity index (χ1) is 8.63. The molecular formula is C15H14O3. The van der Waals surface area contributed by atoms with Crippen LogP contribution in [0.3, 0.4) is 0 Å². The van der Waals surface area contributed by atoms with E-state index < -0.39 is 5.97 Å². The number of ether oxygens (including phenoxy) is 1. The standard InChI is InChI=1S/C15H14O3/c1-3-18-15(17)7-5-4-6-13-8-10-14(11-9-13)12(2)16/h5,7-11H,3H2,1-2H3. The zero-order chi connectivity index (χ0) is 13.4. The molecule has 0 N–H and O–H groups in total. The third kappa shape index (κ3) is 4.67. The first-order valence-electron chi connectivity index (χ1n) is 5.59. The quantitative estimate of drug-likeness (QED) is 0.354. The van der Waals surface area contributed by atoms with Crippen LogP contribution in [0.1, 0.15) is 29.8 Å². The molecule has 0 saturated heterocycles. The van der Waals surface area contributed by atoms with E-state index in [4.69, 9.17) is 4.74 Å². The number of allylic oxidation sites excluding steroid dienone is 1. The molecule has 0 unspecified atom stereocenters. The van der Waals surface area contributed by atoms with Crippen molar-refractivity contribution in [2.75, 3.05) is 6.61 Å². The summed E-state index contributed by atoms with van der Waals surface area (Å²) in [7, 11) is 0. The Morgan fingerprint density at radius 1 is 1.28 bits per heavy atom. The second-order valence-electron chi connectivity index (χ2n) is 3.49. The predicted molar refractivity (Wildman–Crippen MR) is 69.1 cm³/mol. The van der Waals surface area contributed by atoms with E-state index >= 15 is 0 Å². The number of rotatable bonds is 3. The van der Waals surface area contributed by atoms with Gasteiger partial charge in [-0.05, 0) is 32.1 Å². The summed E-state index contributed by atoms with van der Waals surface area (Å²) in [6.07, 6.45) is 2.72. The highest BCUT2D eigenvalue weighted by Gasteiger charge is 1.96. The topological polar surface area (TPSA) is 43.4 Å². The molecule has 3 nitrogen and oxygen atoms in total. The Kier molecular flexibility index (Phi) is 5.40. The first kappa shape index (κ1) is 13.7. The average molecular weight is 242 g/mol. The number of hydrogen-bond donors (Lipinski definition) is 0.